The Balaban J connectivity index is 2.01. The molecule has 0 atom stereocenters. The Bertz CT molecular complexity index is 329. The van der Waals surface area contributed by atoms with Gasteiger partial charge in [0.1, 0.15) is 0 Å². The molecule has 15 heavy (non-hydrogen) atoms. The molecule has 0 unspecified atom stereocenters. The minimum atomic E-state index is -0.238. The van der Waals surface area contributed by atoms with Crippen LogP contribution in [0.4, 0.5) is 0 Å². The molecule has 0 aromatic carbocycles. The number of amides is 2. The topological polar surface area (TPSA) is 57.6 Å². The molecule has 2 rings (SSSR count). The highest BCUT2D eigenvalue weighted by atomic mass is 16.3. The molecule has 0 bridgehead atoms. The van der Waals surface area contributed by atoms with Gasteiger partial charge in [0.2, 0.25) is 0 Å². The molecule has 4 heteroatoms. The second-order valence-electron chi connectivity index (χ2n) is 4.46. The molecular formula is C11H15NO3. The summed E-state index contributed by atoms with van der Waals surface area (Å²) in [6, 6.07) is 0. The van der Waals surface area contributed by atoms with Crippen molar-refractivity contribution in [1.29, 1.82) is 0 Å². The largest absolute Gasteiger partial charge is 0.393 e. The average Bonchev–Trinajstić information content (AvgIpc) is 2.33. The molecule has 82 valence electrons. The molecule has 0 aromatic rings. The molecular weight excluding hydrogens is 194 g/mol. The maximum Gasteiger partial charge on any atom is 0.256 e. The third-order valence-corrected chi connectivity index (χ3v) is 3.35. The lowest BCUT2D eigenvalue weighted by Crippen LogP contribution is -2.42. The van der Waals surface area contributed by atoms with Crippen molar-refractivity contribution in [3.63, 3.8) is 0 Å². The molecule has 2 aliphatic rings. The lowest BCUT2D eigenvalue weighted by Gasteiger charge is -2.33. The standard InChI is InChI=1S/C11H15NO3/c1-6-7(2)11(15)12(10(6)14)5-8-3-9(13)4-8/h8-9,13H,3-5H2,1-2H3. The van der Waals surface area contributed by atoms with Gasteiger partial charge in [-0.1, -0.05) is 0 Å². The van der Waals surface area contributed by atoms with Crippen LogP contribution in [0.5, 0.6) is 0 Å². The molecule has 0 radical (unpaired) electrons. The molecule has 4 nitrogen and oxygen atoms in total. The van der Waals surface area contributed by atoms with E-state index in [4.69, 9.17) is 5.11 Å². The number of carbonyl (C=O) groups is 2. The van der Waals surface area contributed by atoms with Crippen LogP contribution < -0.4 is 0 Å². The summed E-state index contributed by atoms with van der Waals surface area (Å²) >= 11 is 0. The van der Waals surface area contributed by atoms with Crippen LogP contribution in [0.1, 0.15) is 26.7 Å². The van der Waals surface area contributed by atoms with Gasteiger partial charge in [-0.05, 0) is 32.6 Å². The van der Waals surface area contributed by atoms with Crippen molar-refractivity contribution < 1.29 is 14.7 Å². The highest BCUT2D eigenvalue weighted by molar-refractivity contribution is 6.18. The molecule has 0 saturated heterocycles. The zero-order valence-corrected chi connectivity index (χ0v) is 8.99. The first-order valence-corrected chi connectivity index (χ1v) is 5.22. The van der Waals surface area contributed by atoms with Crippen molar-refractivity contribution in [3.05, 3.63) is 11.1 Å². The molecule has 2 amide bonds. The minimum absolute atomic E-state index is 0.168. The van der Waals surface area contributed by atoms with Gasteiger partial charge < -0.3 is 5.11 Å². The lowest BCUT2D eigenvalue weighted by atomic mass is 9.82. The zero-order valence-electron chi connectivity index (χ0n) is 8.99. The van der Waals surface area contributed by atoms with Crippen molar-refractivity contribution in [2.75, 3.05) is 6.54 Å². The maximum absolute atomic E-state index is 11.7. The highest BCUT2D eigenvalue weighted by Crippen LogP contribution is 2.30. The summed E-state index contributed by atoms with van der Waals surface area (Å²) in [4.78, 5) is 24.6. The van der Waals surface area contributed by atoms with E-state index in [0.29, 0.717) is 30.5 Å². The van der Waals surface area contributed by atoms with Gasteiger partial charge in [0.05, 0.1) is 6.10 Å². The van der Waals surface area contributed by atoms with Crippen molar-refractivity contribution in [1.82, 2.24) is 4.90 Å². The van der Waals surface area contributed by atoms with Crippen LogP contribution in [-0.4, -0.2) is 34.5 Å². The Morgan fingerprint density at radius 2 is 1.67 bits per heavy atom. The summed E-state index contributed by atoms with van der Waals surface area (Å²) in [6.45, 7) is 3.83. The maximum atomic E-state index is 11.7. The Kier molecular flexibility index (Phi) is 2.38. The van der Waals surface area contributed by atoms with Crippen LogP contribution in [0, 0.1) is 5.92 Å². The molecule has 1 fully saturated rings. The fraction of sp³-hybridized carbons (Fsp3) is 0.636. The molecule has 1 aliphatic heterocycles. The summed E-state index contributed by atoms with van der Waals surface area (Å²) in [6.07, 6.45) is 1.17. The minimum Gasteiger partial charge on any atom is -0.393 e. The predicted octanol–water partition coefficient (Wildman–Crippen LogP) is 0.463. The van der Waals surface area contributed by atoms with E-state index in [1.807, 2.05) is 0 Å². The predicted molar refractivity (Wildman–Crippen MR) is 53.8 cm³/mol. The van der Waals surface area contributed by atoms with E-state index in [2.05, 4.69) is 0 Å². The monoisotopic (exact) mass is 209 g/mol. The number of rotatable bonds is 2. The van der Waals surface area contributed by atoms with Gasteiger partial charge in [-0.25, -0.2) is 0 Å². The van der Waals surface area contributed by atoms with Gasteiger partial charge in [0, 0.05) is 17.7 Å². The summed E-state index contributed by atoms with van der Waals surface area (Å²) in [7, 11) is 0. The van der Waals surface area contributed by atoms with Crippen molar-refractivity contribution in [2.24, 2.45) is 5.92 Å². The number of nitrogens with zero attached hydrogens (tertiary/aromatic N) is 1. The van der Waals surface area contributed by atoms with Gasteiger partial charge in [0.25, 0.3) is 11.8 Å². The van der Waals surface area contributed by atoms with Crippen molar-refractivity contribution >= 4 is 11.8 Å². The number of hydrogen-bond acceptors (Lipinski definition) is 3. The van der Waals surface area contributed by atoms with Crippen LogP contribution in [-0.2, 0) is 9.59 Å². The Hall–Kier alpha value is -1.16. The first-order valence-electron chi connectivity index (χ1n) is 5.22. The first-order chi connectivity index (χ1) is 7.00. The van der Waals surface area contributed by atoms with E-state index in [9.17, 15) is 9.59 Å². The molecule has 1 N–H and O–H groups in total. The fourth-order valence-corrected chi connectivity index (χ4v) is 2.09. The van der Waals surface area contributed by atoms with Crippen LogP contribution in [0.2, 0.25) is 0 Å². The fourth-order valence-electron chi connectivity index (χ4n) is 2.09. The summed E-state index contributed by atoms with van der Waals surface area (Å²) in [5.74, 6) is -0.0515. The molecule has 1 aliphatic carbocycles. The Labute approximate surface area is 88.6 Å². The normalized spacial score (nSPS) is 31.3. The Morgan fingerprint density at radius 1 is 1.20 bits per heavy atom. The number of aliphatic hydroxyl groups is 1. The van der Waals surface area contributed by atoms with Crippen LogP contribution >= 0.6 is 0 Å². The third kappa shape index (κ3) is 1.59. The van der Waals surface area contributed by atoms with Crippen molar-refractivity contribution in [2.45, 2.75) is 32.8 Å². The van der Waals surface area contributed by atoms with Crippen LogP contribution in [0.3, 0.4) is 0 Å². The van der Waals surface area contributed by atoms with Crippen molar-refractivity contribution in [3.8, 4) is 0 Å². The summed E-state index contributed by atoms with van der Waals surface area (Å²) in [5, 5.41) is 9.13. The Morgan fingerprint density at radius 3 is 2.07 bits per heavy atom. The van der Waals surface area contributed by atoms with Gasteiger partial charge in [-0.3, -0.25) is 14.5 Å². The molecule has 1 heterocycles. The summed E-state index contributed by atoms with van der Waals surface area (Å²) < 4.78 is 0. The molecule has 0 aromatic heterocycles. The quantitative estimate of drug-likeness (QED) is 0.672. The SMILES string of the molecule is CC1=C(C)C(=O)N(CC2CC(O)C2)C1=O. The summed E-state index contributed by atoms with van der Waals surface area (Å²) in [5.41, 5.74) is 1.11. The van der Waals surface area contributed by atoms with E-state index < -0.39 is 0 Å². The number of aliphatic hydroxyl groups excluding tert-OH is 1. The second-order valence-corrected chi connectivity index (χ2v) is 4.46. The number of carbonyl (C=O) groups excluding carboxylic acids is 2. The van der Waals surface area contributed by atoms with E-state index in [1.165, 1.54) is 4.90 Å². The van der Waals surface area contributed by atoms with Gasteiger partial charge in [0.15, 0.2) is 0 Å². The van der Waals surface area contributed by atoms with Crippen LogP contribution in [0.25, 0.3) is 0 Å². The number of imide groups is 1. The molecule has 0 spiro atoms. The lowest BCUT2D eigenvalue weighted by molar-refractivity contribution is -0.139. The first kappa shape index (κ1) is 10.4. The van der Waals surface area contributed by atoms with Gasteiger partial charge in [-0.2, -0.15) is 0 Å². The second kappa shape index (κ2) is 3.45. The third-order valence-electron chi connectivity index (χ3n) is 3.35. The van der Waals surface area contributed by atoms with E-state index in [0.717, 1.165) is 0 Å². The zero-order chi connectivity index (χ0) is 11.2. The van der Waals surface area contributed by atoms with E-state index in [-0.39, 0.29) is 23.8 Å². The van der Waals surface area contributed by atoms with E-state index >= 15 is 0 Å². The van der Waals surface area contributed by atoms with Gasteiger partial charge >= 0.3 is 0 Å². The highest BCUT2D eigenvalue weighted by Gasteiger charge is 2.37. The molecule has 1 saturated carbocycles. The smallest absolute Gasteiger partial charge is 0.256 e. The van der Waals surface area contributed by atoms with Gasteiger partial charge in [-0.15, -0.1) is 0 Å². The average molecular weight is 209 g/mol. The number of hydrogen-bond donors (Lipinski definition) is 1. The van der Waals surface area contributed by atoms with Crippen LogP contribution in [0.15, 0.2) is 11.1 Å². The van der Waals surface area contributed by atoms with E-state index in [1.54, 1.807) is 13.8 Å².